The van der Waals surface area contributed by atoms with Crippen LogP contribution >= 0.6 is 9.47 Å². The molecule has 0 saturated carbocycles. The lowest BCUT2D eigenvalue weighted by molar-refractivity contribution is 0.364. The van der Waals surface area contributed by atoms with Crippen molar-refractivity contribution < 1.29 is 36.5 Å². The SMILES string of the molecule is O=[SH](=O)OS(=O)(=O)OS(=O)(=O)OP. The Labute approximate surface area is 78.1 Å². The second kappa shape index (κ2) is 4.59. The van der Waals surface area contributed by atoms with Crippen molar-refractivity contribution in [1.29, 1.82) is 0 Å². The molecule has 0 aromatic rings. The Morgan fingerprint density at radius 1 is 1.00 bits per heavy atom. The van der Waals surface area contributed by atoms with Gasteiger partial charge in [0.15, 0.2) is 0 Å². The van der Waals surface area contributed by atoms with Crippen LogP contribution in [0, 0.1) is 0 Å². The zero-order chi connectivity index (χ0) is 10.7. The van der Waals surface area contributed by atoms with E-state index in [-0.39, 0.29) is 0 Å². The van der Waals surface area contributed by atoms with Gasteiger partial charge in [-0.25, -0.2) is 12.4 Å². The molecule has 0 N–H and O–H groups in total. The van der Waals surface area contributed by atoms with Crippen molar-refractivity contribution in [2.45, 2.75) is 0 Å². The van der Waals surface area contributed by atoms with Gasteiger partial charge in [0.2, 0.25) is 0 Å². The summed E-state index contributed by atoms with van der Waals surface area (Å²) in [5, 5.41) is 0. The minimum atomic E-state index is -5.17. The van der Waals surface area contributed by atoms with Crippen molar-refractivity contribution in [2.24, 2.45) is 0 Å². The van der Waals surface area contributed by atoms with Gasteiger partial charge in [-0.15, -0.1) is 3.63 Å². The van der Waals surface area contributed by atoms with Crippen LogP contribution in [0.5, 0.6) is 0 Å². The number of thiol groups is 1. The molecular formula is H3O9PS3. The first-order chi connectivity index (χ1) is 5.68. The zero-order valence-electron chi connectivity index (χ0n) is 5.52. The smallest absolute Gasteiger partial charge is 0.232 e. The van der Waals surface area contributed by atoms with E-state index in [2.05, 4.69) is 11.2 Å². The maximum Gasteiger partial charge on any atom is 0.430 e. The molecule has 0 aliphatic rings. The molecule has 9 nitrogen and oxygen atoms in total. The molecule has 0 rings (SSSR count). The van der Waals surface area contributed by atoms with Crippen molar-refractivity contribution in [1.82, 2.24) is 0 Å². The van der Waals surface area contributed by atoms with Crippen molar-refractivity contribution in [3.63, 3.8) is 0 Å². The predicted octanol–water partition coefficient (Wildman–Crippen LogP) is -2.16. The van der Waals surface area contributed by atoms with Crippen LogP contribution in [0.2, 0.25) is 0 Å². The van der Waals surface area contributed by atoms with Gasteiger partial charge in [-0.1, -0.05) is 3.63 Å². The Hall–Kier alpha value is 0.160. The first-order valence-electron chi connectivity index (χ1n) is 2.12. The van der Waals surface area contributed by atoms with Crippen molar-refractivity contribution in [3.05, 3.63) is 0 Å². The summed E-state index contributed by atoms with van der Waals surface area (Å²) in [5.74, 6) is 0. The van der Waals surface area contributed by atoms with E-state index in [9.17, 15) is 25.3 Å². The lowest BCUT2D eigenvalue weighted by Crippen LogP contribution is -2.15. The Morgan fingerprint density at radius 2 is 1.46 bits per heavy atom. The van der Waals surface area contributed by atoms with Gasteiger partial charge in [0.25, 0.3) is 11.0 Å². The molecule has 0 aliphatic carbocycles. The van der Waals surface area contributed by atoms with Gasteiger partial charge < -0.3 is 0 Å². The maximum atomic E-state index is 10.3. The predicted molar refractivity (Wildman–Crippen MR) is 41.1 cm³/mol. The van der Waals surface area contributed by atoms with Gasteiger partial charge >= 0.3 is 20.8 Å². The minimum absolute atomic E-state index is 1.19. The fraction of sp³-hybridized carbons (Fsp3) is 0. The molecule has 0 fully saturated rings. The summed E-state index contributed by atoms with van der Waals surface area (Å²) in [6.07, 6.45) is 0. The Bertz CT molecular complexity index is 411. The van der Waals surface area contributed by atoms with E-state index in [1.807, 2.05) is 0 Å². The Kier molecular flexibility index (Phi) is 4.65. The molecule has 13 heavy (non-hydrogen) atoms. The monoisotopic (exact) mass is 274 g/mol. The van der Waals surface area contributed by atoms with Crippen LogP contribution in [-0.2, 0) is 43.0 Å². The molecule has 0 aromatic carbocycles. The first kappa shape index (κ1) is 13.2. The van der Waals surface area contributed by atoms with E-state index in [1.165, 1.54) is 9.47 Å². The molecule has 1 unspecified atom stereocenters. The van der Waals surface area contributed by atoms with Crippen LogP contribution in [0.4, 0.5) is 0 Å². The zero-order valence-corrected chi connectivity index (χ0v) is 9.20. The van der Waals surface area contributed by atoms with E-state index >= 15 is 0 Å². The molecule has 1 atom stereocenters. The lowest BCUT2D eigenvalue weighted by Gasteiger charge is -1.98. The first-order valence-corrected chi connectivity index (χ1v) is 6.35. The molecule has 0 amide bonds. The highest BCUT2D eigenvalue weighted by Crippen LogP contribution is 2.07. The average molecular weight is 274 g/mol. The van der Waals surface area contributed by atoms with Crippen LogP contribution in [0.25, 0.3) is 0 Å². The van der Waals surface area contributed by atoms with Crippen LogP contribution in [0.1, 0.15) is 0 Å². The molecular weight excluding hydrogens is 271 g/mol. The number of hydrogen-bond donors (Lipinski definition) is 1. The molecule has 0 bridgehead atoms. The molecule has 0 spiro atoms. The molecule has 0 radical (unpaired) electrons. The normalized spacial score (nSPS) is 13.4. The summed E-state index contributed by atoms with van der Waals surface area (Å²) >= 11 is 0. The third kappa shape index (κ3) is 6.26. The largest absolute Gasteiger partial charge is 0.430 e. The van der Waals surface area contributed by atoms with E-state index in [0.29, 0.717) is 0 Å². The summed E-state index contributed by atoms with van der Waals surface area (Å²) < 4.78 is 70.4. The van der Waals surface area contributed by atoms with Crippen LogP contribution in [0.3, 0.4) is 0 Å². The van der Waals surface area contributed by atoms with E-state index in [4.69, 9.17) is 0 Å². The van der Waals surface area contributed by atoms with Gasteiger partial charge in [-0.05, 0) is 0 Å². The molecule has 0 aliphatic heterocycles. The summed E-state index contributed by atoms with van der Waals surface area (Å²) in [6.45, 7) is 0. The highest BCUT2D eigenvalue weighted by atomic mass is 32.3. The Morgan fingerprint density at radius 3 is 1.77 bits per heavy atom. The molecule has 0 heterocycles. The van der Waals surface area contributed by atoms with E-state index in [1.54, 1.807) is 0 Å². The molecule has 0 aromatic heterocycles. The lowest BCUT2D eigenvalue weighted by atomic mass is 15.7. The molecule has 80 valence electrons. The number of rotatable bonds is 5. The molecule has 0 saturated heterocycles. The van der Waals surface area contributed by atoms with Crippen LogP contribution in [0.15, 0.2) is 0 Å². The maximum absolute atomic E-state index is 10.3. The van der Waals surface area contributed by atoms with Crippen LogP contribution < -0.4 is 0 Å². The van der Waals surface area contributed by atoms with Crippen molar-refractivity contribution >= 4 is 41.2 Å². The quantitative estimate of drug-likeness (QED) is 0.440. The average Bonchev–Trinajstić information content (AvgIpc) is 1.81. The van der Waals surface area contributed by atoms with Gasteiger partial charge in [0.05, 0.1) is 0 Å². The highest BCUT2D eigenvalue weighted by Gasteiger charge is 2.24. The van der Waals surface area contributed by atoms with Crippen molar-refractivity contribution in [2.75, 3.05) is 0 Å². The molecule has 13 heteroatoms. The van der Waals surface area contributed by atoms with Crippen LogP contribution in [-0.4, -0.2) is 25.3 Å². The summed E-state index contributed by atoms with van der Waals surface area (Å²) in [7, 11) is -12.6. The fourth-order valence-corrected chi connectivity index (χ4v) is 2.36. The van der Waals surface area contributed by atoms with Gasteiger partial charge in [-0.2, -0.15) is 16.8 Å². The van der Waals surface area contributed by atoms with Crippen molar-refractivity contribution in [3.8, 4) is 0 Å². The van der Waals surface area contributed by atoms with Gasteiger partial charge in [0.1, 0.15) is 0 Å². The summed E-state index contributed by atoms with van der Waals surface area (Å²) in [4.78, 5) is 0. The second-order valence-electron chi connectivity index (χ2n) is 1.28. The number of hydrogen-bond acceptors (Lipinski definition) is 9. The van der Waals surface area contributed by atoms with E-state index in [0.717, 1.165) is 0 Å². The summed E-state index contributed by atoms with van der Waals surface area (Å²) in [5.41, 5.74) is 0. The van der Waals surface area contributed by atoms with Gasteiger partial charge in [-0.3, -0.25) is 0 Å². The topological polar surface area (TPSA) is 130 Å². The minimum Gasteiger partial charge on any atom is -0.232 e. The fourth-order valence-electron chi connectivity index (χ4n) is 0.205. The second-order valence-corrected chi connectivity index (χ2v) is 5.27. The third-order valence-corrected chi connectivity index (χ3v) is 3.93. The summed E-state index contributed by atoms with van der Waals surface area (Å²) in [6, 6.07) is 0. The highest BCUT2D eigenvalue weighted by molar-refractivity contribution is 7.99. The van der Waals surface area contributed by atoms with Gasteiger partial charge in [0, 0.05) is 9.47 Å². The van der Waals surface area contributed by atoms with E-state index < -0.39 is 31.8 Å². The Balaban J connectivity index is 4.73. The third-order valence-electron chi connectivity index (χ3n) is 0.437. The standard InChI is InChI=1S/H3O9PS3/c1-11(2)8-13(5,6)9-12(3,4)7-10/h11H,10H2.